The summed E-state index contributed by atoms with van der Waals surface area (Å²) < 4.78 is 5.19. The molecule has 0 saturated heterocycles. The Labute approximate surface area is 75.0 Å². The summed E-state index contributed by atoms with van der Waals surface area (Å²) >= 11 is 0. The molecule has 3 nitrogen and oxygen atoms in total. The largest absolute Gasteiger partial charge is 0.385 e. The standard InChI is InChI=1S/C9H20N2O/c1-8(2,3)11-7(10)9(4,5)12-6/h1-6H3,(H2,10,11). The Hall–Kier alpha value is -0.570. The molecule has 0 aromatic carbocycles. The van der Waals surface area contributed by atoms with Crippen molar-refractivity contribution in [3.05, 3.63) is 0 Å². The molecule has 0 fully saturated rings. The van der Waals surface area contributed by atoms with Crippen molar-refractivity contribution in [1.29, 1.82) is 0 Å². The molecule has 0 aromatic rings. The fourth-order valence-electron chi connectivity index (χ4n) is 0.601. The van der Waals surface area contributed by atoms with Crippen molar-refractivity contribution >= 4 is 5.84 Å². The van der Waals surface area contributed by atoms with Crippen LogP contribution in [0.1, 0.15) is 34.6 Å². The zero-order valence-electron chi connectivity index (χ0n) is 8.93. The van der Waals surface area contributed by atoms with Gasteiger partial charge >= 0.3 is 0 Å². The molecule has 0 rings (SSSR count). The number of hydrogen-bond acceptors (Lipinski definition) is 2. The second-order valence-electron chi connectivity index (χ2n) is 4.38. The van der Waals surface area contributed by atoms with Gasteiger partial charge in [0.1, 0.15) is 11.4 Å². The van der Waals surface area contributed by atoms with Crippen molar-refractivity contribution in [3.63, 3.8) is 0 Å². The van der Waals surface area contributed by atoms with Crippen LogP contribution in [0, 0.1) is 0 Å². The Bertz CT molecular complexity index is 177. The molecule has 0 saturated carbocycles. The lowest BCUT2D eigenvalue weighted by molar-refractivity contribution is 0.0809. The number of ether oxygens (including phenoxy) is 1. The fraction of sp³-hybridized carbons (Fsp3) is 0.889. The molecule has 0 unspecified atom stereocenters. The molecule has 72 valence electrons. The van der Waals surface area contributed by atoms with Gasteiger partial charge in [-0.05, 0) is 34.6 Å². The van der Waals surface area contributed by atoms with E-state index in [0.717, 1.165) is 0 Å². The van der Waals surface area contributed by atoms with E-state index in [0.29, 0.717) is 5.84 Å². The molecular formula is C9H20N2O. The molecule has 3 heteroatoms. The fourth-order valence-corrected chi connectivity index (χ4v) is 0.601. The van der Waals surface area contributed by atoms with Gasteiger partial charge in [-0.25, -0.2) is 0 Å². The number of rotatable bonds is 2. The molecular weight excluding hydrogens is 152 g/mol. The number of nitrogens with two attached hydrogens (primary N) is 1. The van der Waals surface area contributed by atoms with E-state index < -0.39 is 5.60 Å². The summed E-state index contributed by atoms with van der Waals surface area (Å²) in [6.07, 6.45) is 0. The average molecular weight is 172 g/mol. The Balaban J connectivity index is 4.59. The van der Waals surface area contributed by atoms with Crippen LogP contribution in [-0.2, 0) is 4.74 Å². The van der Waals surface area contributed by atoms with Crippen LogP contribution in [-0.4, -0.2) is 24.1 Å². The van der Waals surface area contributed by atoms with E-state index in [1.807, 2.05) is 34.6 Å². The molecule has 0 aromatic heterocycles. The number of hydrogen-bond donors (Lipinski definition) is 1. The molecule has 2 N–H and O–H groups in total. The van der Waals surface area contributed by atoms with E-state index in [9.17, 15) is 0 Å². The molecule has 0 aliphatic heterocycles. The third kappa shape index (κ3) is 3.72. The minimum absolute atomic E-state index is 0.139. The lowest BCUT2D eigenvalue weighted by Crippen LogP contribution is -2.41. The first-order valence-electron chi connectivity index (χ1n) is 4.10. The van der Waals surface area contributed by atoms with Crippen molar-refractivity contribution < 1.29 is 4.74 Å². The van der Waals surface area contributed by atoms with E-state index in [1.165, 1.54) is 0 Å². The van der Waals surface area contributed by atoms with Gasteiger partial charge in [-0.2, -0.15) is 0 Å². The molecule has 0 aliphatic rings. The summed E-state index contributed by atoms with van der Waals surface area (Å²) in [5.41, 5.74) is 5.17. The molecule has 0 heterocycles. The first-order valence-corrected chi connectivity index (χ1v) is 4.10. The second-order valence-corrected chi connectivity index (χ2v) is 4.38. The number of nitrogens with zero attached hydrogens (tertiary/aromatic N) is 1. The Kier molecular flexibility index (Phi) is 3.27. The highest BCUT2D eigenvalue weighted by atomic mass is 16.5. The summed E-state index contributed by atoms with van der Waals surface area (Å²) in [7, 11) is 1.63. The lowest BCUT2D eigenvalue weighted by atomic mass is 10.1. The van der Waals surface area contributed by atoms with Gasteiger partial charge in [-0.3, -0.25) is 4.99 Å². The Morgan fingerprint density at radius 2 is 1.58 bits per heavy atom. The zero-order chi connectivity index (χ0) is 9.99. The van der Waals surface area contributed by atoms with Crippen LogP contribution < -0.4 is 5.73 Å². The van der Waals surface area contributed by atoms with Gasteiger partial charge in [-0.15, -0.1) is 0 Å². The first-order chi connectivity index (χ1) is 5.19. The van der Waals surface area contributed by atoms with Gasteiger partial charge in [0.25, 0.3) is 0 Å². The van der Waals surface area contributed by atoms with Crippen molar-refractivity contribution in [1.82, 2.24) is 0 Å². The highest BCUT2D eigenvalue weighted by molar-refractivity contribution is 5.88. The highest BCUT2D eigenvalue weighted by Gasteiger charge is 2.23. The van der Waals surface area contributed by atoms with Crippen molar-refractivity contribution in [2.24, 2.45) is 10.7 Å². The van der Waals surface area contributed by atoms with Crippen LogP contribution in [0.5, 0.6) is 0 Å². The maximum Gasteiger partial charge on any atom is 0.126 e. The summed E-state index contributed by atoms with van der Waals surface area (Å²) in [6.45, 7) is 9.82. The van der Waals surface area contributed by atoms with Gasteiger partial charge in [0, 0.05) is 7.11 Å². The molecule has 0 atom stereocenters. The van der Waals surface area contributed by atoms with Crippen LogP contribution in [0.2, 0.25) is 0 Å². The van der Waals surface area contributed by atoms with Crippen LogP contribution in [0.25, 0.3) is 0 Å². The quantitative estimate of drug-likeness (QED) is 0.507. The van der Waals surface area contributed by atoms with Crippen LogP contribution >= 0.6 is 0 Å². The van der Waals surface area contributed by atoms with Gasteiger partial charge in [-0.1, -0.05) is 0 Å². The Morgan fingerprint density at radius 1 is 1.17 bits per heavy atom. The van der Waals surface area contributed by atoms with Crippen molar-refractivity contribution in [2.75, 3.05) is 7.11 Å². The van der Waals surface area contributed by atoms with Crippen LogP contribution in [0.15, 0.2) is 4.99 Å². The normalized spacial score (nSPS) is 15.0. The molecule has 0 amide bonds. The third-order valence-corrected chi connectivity index (χ3v) is 1.58. The summed E-state index contributed by atoms with van der Waals surface area (Å²) in [4.78, 5) is 4.32. The predicted molar refractivity (Wildman–Crippen MR) is 52.5 cm³/mol. The maximum atomic E-state index is 5.77. The molecule has 0 bridgehead atoms. The van der Waals surface area contributed by atoms with Gasteiger partial charge < -0.3 is 10.5 Å². The van der Waals surface area contributed by atoms with Crippen LogP contribution in [0.4, 0.5) is 0 Å². The summed E-state index contributed by atoms with van der Waals surface area (Å²) in [5, 5.41) is 0. The van der Waals surface area contributed by atoms with Crippen molar-refractivity contribution in [2.45, 2.75) is 45.8 Å². The number of methoxy groups -OCH3 is 1. The molecule has 0 radical (unpaired) electrons. The lowest BCUT2D eigenvalue weighted by Gasteiger charge is -2.25. The van der Waals surface area contributed by atoms with E-state index in [4.69, 9.17) is 10.5 Å². The van der Waals surface area contributed by atoms with Crippen LogP contribution in [0.3, 0.4) is 0 Å². The van der Waals surface area contributed by atoms with Gasteiger partial charge in [0.2, 0.25) is 0 Å². The highest BCUT2D eigenvalue weighted by Crippen LogP contribution is 2.12. The van der Waals surface area contributed by atoms with Crippen molar-refractivity contribution in [3.8, 4) is 0 Å². The first kappa shape index (κ1) is 11.4. The SMILES string of the molecule is COC(C)(C)C(N)=NC(C)(C)C. The Morgan fingerprint density at radius 3 is 1.83 bits per heavy atom. The maximum absolute atomic E-state index is 5.77. The monoisotopic (exact) mass is 172 g/mol. The smallest absolute Gasteiger partial charge is 0.126 e. The number of amidine groups is 1. The summed E-state index contributed by atoms with van der Waals surface area (Å²) in [5.74, 6) is 0.539. The topological polar surface area (TPSA) is 47.6 Å². The second kappa shape index (κ2) is 3.44. The minimum Gasteiger partial charge on any atom is -0.385 e. The zero-order valence-corrected chi connectivity index (χ0v) is 8.93. The molecule has 0 spiro atoms. The van der Waals surface area contributed by atoms with E-state index >= 15 is 0 Å². The number of aliphatic imine (C=N–C) groups is 1. The molecule has 12 heavy (non-hydrogen) atoms. The minimum atomic E-state index is -0.465. The predicted octanol–water partition coefficient (Wildman–Crippen LogP) is 1.57. The average Bonchev–Trinajstić information content (AvgIpc) is 1.84. The van der Waals surface area contributed by atoms with E-state index in [2.05, 4.69) is 4.99 Å². The summed E-state index contributed by atoms with van der Waals surface area (Å²) in [6, 6.07) is 0. The third-order valence-electron chi connectivity index (χ3n) is 1.58. The van der Waals surface area contributed by atoms with E-state index in [1.54, 1.807) is 7.11 Å². The van der Waals surface area contributed by atoms with E-state index in [-0.39, 0.29) is 5.54 Å². The van der Waals surface area contributed by atoms with Gasteiger partial charge in [0.05, 0.1) is 5.54 Å². The van der Waals surface area contributed by atoms with Gasteiger partial charge in [0.15, 0.2) is 0 Å². The molecule has 0 aliphatic carbocycles.